The van der Waals surface area contributed by atoms with E-state index in [4.69, 9.17) is 4.74 Å². The first kappa shape index (κ1) is 18.4. The van der Waals surface area contributed by atoms with Gasteiger partial charge in [0.25, 0.3) is 0 Å². The second-order valence-electron chi connectivity index (χ2n) is 5.57. The van der Waals surface area contributed by atoms with Crippen molar-refractivity contribution in [2.45, 2.75) is 60.4 Å². The Balaban J connectivity index is 0.00000154. The van der Waals surface area contributed by atoms with Gasteiger partial charge in [0, 0.05) is 31.5 Å². The average molecular weight is 271 g/mol. The number of rotatable bonds is 5. The Morgan fingerprint density at radius 3 is 2.42 bits per heavy atom. The molecule has 1 aliphatic rings. The molecule has 1 saturated heterocycles. The van der Waals surface area contributed by atoms with Crippen LogP contribution < -0.4 is 0 Å². The van der Waals surface area contributed by atoms with E-state index in [9.17, 15) is 4.79 Å². The Hall–Kier alpha value is -0.570. The lowest BCUT2D eigenvalue weighted by Crippen LogP contribution is -2.39. The molecule has 1 aliphatic heterocycles. The minimum absolute atomic E-state index is 0.142. The van der Waals surface area contributed by atoms with Crippen molar-refractivity contribution in [1.82, 2.24) is 4.90 Å². The Bertz CT molecular complexity index is 255. The summed E-state index contributed by atoms with van der Waals surface area (Å²) < 4.78 is 5.19. The van der Waals surface area contributed by atoms with E-state index in [1.807, 2.05) is 13.8 Å². The lowest BCUT2D eigenvalue weighted by molar-refractivity contribution is -0.137. The molecular weight excluding hydrogens is 238 g/mol. The molecular formula is C16H33NO2. The zero-order valence-electron chi connectivity index (χ0n) is 13.9. The van der Waals surface area contributed by atoms with Crippen molar-refractivity contribution in [1.29, 1.82) is 0 Å². The molecule has 0 N–H and O–H groups in total. The molecule has 0 aliphatic carbocycles. The molecule has 0 saturated carbocycles. The highest BCUT2D eigenvalue weighted by molar-refractivity contribution is 5.79. The van der Waals surface area contributed by atoms with Crippen LogP contribution in [0.1, 0.15) is 54.4 Å². The topological polar surface area (TPSA) is 29.5 Å². The number of likely N-dealkylation sites (tertiary alicyclic amines) is 1. The maximum atomic E-state index is 12.4. The van der Waals surface area contributed by atoms with Crippen LogP contribution in [0.2, 0.25) is 0 Å². The van der Waals surface area contributed by atoms with Gasteiger partial charge in [0.05, 0.1) is 6.61 Å². The molecule has 19 heavy (non-hydrogen) atoms. The zero-order chi connectivity index (χ0) is 15.0. The summed E-state index contributed by atoms with van der Waals surface area (Å²) in [6, 6.07) is 0.370. The number of ether oxygens (including phenoxy) is 1. The van der Waals surface area contributed by atoms with Crippen LogP contribution in [0.25, 0.3) is 0 Å². The third-order valence-corrected chi connectivity index (χ3v) is 4.23. The summed E-state index contributed by atoms with van der Waals surface area (Å²) in [5.74, 6) is 1.45. The molecule has 0 aromatic carbocycles. The fourth-order valence-corrected chi connectivity index (χ4v) is 2.66. The predicted molar refractivity (Wildman–Crippen MR) is 81.1 cm³/mol. The molecule has 1 amide bonds. The lowest BCUT2D eigenvalue weighted by atomic mass is 9.92. The standard InChI is InChI=1S/C14H27NO2.C2H6/c1-6-10(2)12(4)14(16)15-8-13(9-17-5)7-11(15)3;1-2/h10-13H,6-9H2,1-5H3;1-2H3/t10?,11-,12?,13?;/m1./s1. The number of hydrogen-bond acceptors (Lipinski definition) is 2. The molecule has 1 heterocycles. The van der Waals surface area contributed by atoms with Crippen LogP contribution in [0.3, 0.4) is 0 Å². The summed E-state index contributed by atoms with van der Waals surface area (Å²) in [5, 5.41) is 0. The van der Waals surface area contributed by atoms with Crippen LogP contribution in [0.5, 0.6) is 0 Å². The minimum Gasteiger partial charge on any atom is -0.384 e. The third-order valence-electron chi connectivity index (χ3n) is 4.23. The Kier molecular flexibility index (Phi) is 9.07. The van der Waals surface area contributed by atoms with Crippen molar-refractivity contribution in [2.24, 2.45) is 17.8 Å². The van der Waals surface area contributed by atoms with E-state index in [1.54, 1.807) is 7.11 Å². The van der Waals surface area contributed by atoms with Crippen molar-refractivity contribution < 1.29 is 9.53 Å². The third kappa shape index (κ3) is 5.13. The quantitative estimate of drug-likeness (QED) is 0.765. The molecule has 3 nitrogen and oxygen atoms in total. The van der Waals surface area contributed by atoms with Gasteiger partial charge in [-0.2, -0.15) is 0 Å². The molecule has 3 unspecified atom stereocenters. The normalized spacial score (nSPS) is 25.5. The number of methoxy groups -OCH3 is 1. The molecule has 0 aromatic heterocycles. The van der Waals surface area contributed by atoms with Gasteiger partial charge in [-0.15, -0.1) is 0 Å². The Labute approximate surface area is 119 Å². The van der Waals surface area contributed by atoms with E-state index in [0.29, 0.717) is 23.8 Å². The highest BCUT2D eigenvalue weighted by atomic mass is 16.5. The van der Waals surface area contributed by atoms with Crippen LogP contribution in [0.4, 0.5) is 0 Å². The monoisotopic (exact) mass is 271 g/mol. The first-order chi connectivity index (χ1) is 9.01. The highest BCUT2D eigenvalue weighted by Gasteiger charge is 2.35. The number of carbonyl (C=O) groups is 1. The van der Waals surface area contributed by atoms with Gasteiger partial charge in [-0.05, 0) is 19.3 Å². The summed E-state index contributed by atoms with van der Waals surface area (Å²) in [4.78, 5) is 14.4. The molecule has 3 heteroatoms. The summed E-state index contributed by atoms with van der Waals surface area (Å²) in [7, 11) is 1.73. The molecule has 114 valence electrons. The first-order valence-electron chi connectivity index (χ1n) is 7.80. The fourth-order valence-electron chi connectivity index (χ4n) is 2.66. The number of carbonyl (C=O) groups excluding carboxylic acids is 1. The van der Waals surface area contributed by atoms with Gasteiger partial charge < -0.3 is 9.64 Å². The molecule has 0 spiro atoms. The minimum atomic E-state index is 0.142. The van der Waals surface area contributed by atoms with Crippen molar-refractivity contribution in [2.75, 3.05) is 20.3 Å². The fraction of sp³-hybridized carbons (Fsp3) is 0.938. The molecule has 1 rings (SSSR count). The van der Waals surface area contributed by atoms with Gasteiger partial charge in [-0.3, -0.25) is 4.79 Å². The summed E-state index contributed by atoms with van der Waals surface area (Å²) >= 11 is 0. The first-order valence-corrected chi connectivity index (χ1v) is 7.80. The SMILES string of the molecule is CC.CCC(C)C(C)C(=O)N1CC(COC)C[C@H]1C. The second kappa shape index (κ2) is 9.35. The van der Waals surface area contributed by atoms with Gasteiger partial charge in [-0.25, -0.2) is 0 Å². The highest BCUT2D eigenvalue weighted by Crippen LogP contribution is 2.27. The van der Waals surface area contributed by atoms with Gasteiger partial charge in [0.15, 0.2) is 0 Å². The van der Waals surface area contributed by atoms with Crippen molar-refractivity contribution >= 4 is 5.91 Å². The van der Waals surface area contributed by atoms with Gasteiger partial charge >= 0.3 is 0 Å². The maximum Gasteiger partial charge on any atom is 0.225 e. The van der Waals surface area contributed by atoms with E-state index in [-0.39, 0.29) is 5.92 Å². The maximum absolute atomic E-state index is 12.4. The van der Waals surface area contributed by atoms with E-state index in [2.05, 4.69) is 32.6 Å². The second-order valence-corrected chi connectivity index (χ2v) is 5.57. The van der Waals surface area contributed by atoms with Gasteiger partial charge in [-0.1, -0.05) is 41.0 Å². The molecule has 4 atom stereocenters. The molecule has 1 fully saturated rings. The van der Waals surface area contributed by atoms with Crippen LogP contribution in [0, 0.1) is 17.8 Å². The van der Waals surface area contributed by atoms with Crippen LogP contribution in [-0.2, 0) is 9.53 Å². The van der Waals surface area contributed by atoms with Gasteiger partial charge in [0.2, 0.25) is 5.91 Å². The van der Waals surface area contributed by atoms with E-state index < -0.39 is 0 Å². The smallest absolute Gasteiger partial charge is 0.225 e. The van der Waals surface area contributed by atoms with E-state index >= 15 is 0 Å². The van der Waals surface area contributed by atoms with Crippen molar-refractivity contribution in [3.8, 4) is 0 Å². The lowest BCUT2D eigenvalue weighted by Gasteiger charge is -2.27. The number of hydrogen-bond donors (Lipinski definition) is 0. The van der Waals surface area contributed by atoms with Crippen LogP contribution in [0.15, 0.2) is 0 Å². The summed E-state index contributed by atoms with van der Waals surface area (Å²) in [6.45, 7) is 14.2. The largest absolute Gasteiger partial charge is 0.384 e. The predicted octanol–water partition coefficient (Wildman–Crippen LogP) is 3.58. The summed E-state index contributed by atoms with van der Waals surface area (Å²) in [6.07, 6.45) is 2.14. The van der Waals surface area contributed by atoms with E-state index in [0.717, 1.165) is 26.0 Å². The van der Waals surface area contributed by atoms with Crippen LogP contribution >= 0.6 is 0 Å². The number of nitrogens with zero attached hydrogens (tertiary/aromatic N) is 1. The van der Waals surface area contributed by atoms with Gasteiger partial charge in [0.1, 0.15) is 0 Å². The Morgan fingerprint density at radius 2 is 1.95 bits per heavy atom. The summed E-state index contributed by atoms with van der Waals surface area (Å²) in [5.41, 5.74) is 0. The zero-order valence-corrected chi connectivity index (χ0v) is 13.9. The van der Waals surface area contributed by atoms with Crippen molar-refractivity contribution in [3.63, 3.8) is 0 Å². The number of amides is 1. The molecule has 0 aromatic rings. The average Bonchev–Trinajstić information content (AvgIpc) is 2.79. The van der Waals surface area contributed by atoms with E-state index in [1.165, 1.54) is 0 Å². The van der Waals surface area contributed by atoms with Crippen molar-refractivity contribution in [3.05, 3.63) is 0 Å². The molecule has 0 bridgehead atoms. The Morgan fingerprint density at radius 1 is 1.37 bits per heavy atom. The molecule has 0 radical (unpaired) electrons. The van der Waals surface area contributed by atoms with Crippen LogP contribution in [-0.4, -0.2) is 37.1 Å².